The van der Waals surface area contributed by atoms with Gasteiger partial charge in [0.1, 0.15) is 11.8 Å². The van der Waals surface area contributed by atoms with Crippen LogP contribution in [-0.2, 0) is 9.59 Å². The number of amides is 2. The number of hydrogen-bond acceptors (Lipinski definition) is 5. The van der Waals surface area contributed by atoms with Crippen LogP contribution < -0.4 is 9.64 Å². The van der Waals surface area contributed by atoms with Gasteiger partial charge in [0.25, 0.3) is 5.91 Å². The lowest BCUT2D eigenvalue weighted by Gasteiger charge is -2.29. The Labute approximate surface area is 164 Å². The van der Waals surface area contributed by atoms with Crippen molar-refractivity contribution in [3.05, 3.63) is 59.7 Å². The third kappa shape index (κ3) is 2.41. The van der Waals surface area contributed by atoms with Gasteiger partial charge in [-0.25, -0.2) is 14.9 Å². The molecule has 2 aromatic carbocycles. The van der Waals surface area contributed by atoms with Crippen LogP contribution in [0.3, 0.4) is 0 Å². The van der Waals surface area contributed by atoms with E-state index in [1.54, 1.807) is 31.4 Å². The summed E-state index contributed by atoms with van der Waals surface area (Å²) in [6.07, 6.45) is 1.01. The number of nitrogens with zero attached hydrogens (tertiary/aromatic N) is 3. The normalized spacial score (nSPS) is 27.4. The first-order chi connectivity index (χ1) is 13.6. The van der Waals surface area contributed by atoms with E-state index >= 15 is 0 Å². The largest absolute Gasteiger partial charge is 0.497 e. The smallest absolute Gasteiger partial charge is 0.253 e. The van der Waals surface area contributed by atoms with Crippen molar-refractivity contribution in [1.29, 1.82) is 0 Å². The fourth-order valence-electron chi connectivity index (χ4n) is 4.86. The van der Waals surface area contributed by atoms with Crippen molar-refractivity contribution in [2.75, 3.05) is 25.1 Å². The van der Waals surface area contributed by atoms with Gasteiger partial charge >= 0.3 is 0 Å². The average molecular weight is 377 g/mol. The van der Waals surface area contributed by atoms with Crippen LogP contribution in [0.1, 0.15) is 23.6 Å². The number of carbonyl (C=O) groups excluding carboxylic acids is 2. The van der Waals surface area contributed by atoms with Crippen LogP contribution in [0.15, 0.2) is 48.5 Å². The molecule has 6 heteroatoms. The Balaban J connectivity index is 1.55. The quantitative estimate of drug-likeness (QED) is 0.770. The van der Waals surface area contributed by atoms with Gasteiger partial charge in [-0.05, 0) is 43.2 Å². The Morgan fingerprint density at radius 1 is 0.857 bits per heavy atom. The fraction of sp³-hybridized carbons (Fsp3) is 0.364. The highest BCUT2D eigenvalue weighted by Crippen LogP contribution is 2.48. The molecule has 0 aliphatic carbocycles. The van der Waals surface area contributed by atoms with Crippen LogP contribution in [0.2, 0.25) is 0 Å². The van der Waals surface area contributed by atoms with E-state index in [0.29, 0.717) is 11.4 Å². The summed E-state index contributed by atoms with van der Waals surface area (Å²) in [6, 6.07) is 14.9. The van der Waals surface area contributed by atoms with E-state index in [0.717, 1.165) is 25.1 Å². The maximum absolute atomic E-state index is 13.5. The second kappa shape index (κ2) is 6.43. The second-order valence-electron chi connectivity index (χ2n) is 7.72. The van der Waals surface area contributed by atoms with Crippen molar-refractivity contribution in [3.8, 4) is 5.75 Å². The van der Waals surface area contributed by atoms with Crippen LogP contribution in [0.5, 0.6) is 5.75 Å². The number of ether oxygens (including phenoxy) is 1. The van der Waals surface area contributed by atoms with Crippen molar-refractivity contribution in [2.24, 2.45) is 5.92 Å². The topological polar surface area (TPSA) is 53.1 Å². The number of methoxy groups -OCH3 is 1. The van der Waals surface area contributed by atoms with E-state index in [1.165, 1.54) is 10.5 Å². The molecule has 3 atom stereocenters. The van der Waals surface area contributed by atoms with Crippen LogP contribution in [0.25, 0.3) is 0 Å². The molecular formula is C22H23N3O3. The fourth-order valence-corrected chi connectivity index (χ4v) is 4.86. The van der Waals surface area contributed by atoms with Gasteiger partial charge in [0.15, 0.2) is 0 Å². The number of fused-ring (bicyclic) bond motifs is 3. The van der Waals surface area contributed by atoms with Gasteiger partial charge in [-0.1, -0.05) is 29.8 Å². The average Bonchev–Trinajstić information content (AvgIpc) is 3.35. The van der Waals surface area contributed by atoms with Crippen molar-refractivity contribution in [1.82, 2.24) is 10.0 Å². The highest BCUT2D eigenvalue weighted by atomic mass is 16.5. The number of imide groups is 1. The second-order valence-corrected chi connectivity index (χ2v) is 7.72. The minimum atomic E-state index is -0.414. The van der Waals surface area contributed by atoms with Crippen molar-refractivity contribution >= 4 is 17.5 Å². The zero-order valence-corrected chi connectivity index (χ0v) is 16.0. The van der Waals surface area contributed by atoms with Crippen LogP contribution in [0, 0.1) is 12.8 Å². The first-order valence-corrected chi connectivity index (χ1v) is 9.72. The maximum Gasteiger partial charge on any atom is 0.253 e. The number of anilines is 1. The zero-order valence-electron chi connectivity index (χ0n) is 16.0. The summed E-state index contributed by atoms with van der Waals surface area (Å²) in [5.74, 6) is 0.0886. The molecule has 3 aliphatic heterocycles. The number of carbonyl (C=O) groups is 2. The minimum Gasteiger partial charge on any atom is -0.497 e. The van der Waals surface area contributed by atoms with Gasteiger partial charge in [0.2, 0.25) is 5.91 Å². The maximum atomic E-state index is 13.5. The van der Waals surface area contributed by atoms with E-state index in [4.69, 9.17) is 4.74 Å². The summed E-state index contributed by atoms with van der Waals surface area (Å²) >= 11 is 0. The lowest BCUT2D eigenvalue weighted by Crippen LogP contribution is -2.44. The molecule has 3 heterocycles. The van der Waals surface area contributed by atoms with Gasteiger partial charge in [-0.2, -0.15) is 0 Å². The van der Waals surface area contributed by atoms with Crippen LogP contribution >= 0.6 is 0 Å². The molecule has 5 rings (SSSR count). The third-order valence-electron chi connectivity index (χ3n) is 6.16. The summed E-state index contributed by atoms with van der Waals surface area (Å²) in [6.45, 7) is 3.76. The van der Waals surface area contributed by atoms with E-state index in [-0.39, 0.29) is 23.8 Å². The van der Waals surface area contributed by atoms with Gasteiger partial charge < -0.3 is 4.74 Å². The minimum absolute atomic E-state index is 0.0900. The van der Waals surface area contributed by atoms with Gasteiger partial charge in [-0.15, -0.1) is 0 Å². The molecule has 0 N–H and O–H groups in total. The number of hydrogen-bond donors (Lipinski definition) is 0. The first kappa shape index (κ1) is 17.4. The monoisotopic (exact) mass is 377 g/mol. The molecule has 0 unspecified atom stereocenters. The SMILES string of the molecule is COc1ccc(N2C(=O)[C@@H]3[C@@H](C2=O)N2CCCN2[C@@H]3c2ccc(C)cc2)cc1. The van der Waals surface area contributed by atoms with Crippen LogP contribution in [-0.4, -0.2) is 48.1 Å². The highest BCUT2D eigenvalue weighted by Gasteiger charge is 2.62. The molecule has 6 nitrogen and oxygen atoms in total. The number of rotatable bonds is 3. The summed E-state index contributed by atoms with van der Waals surface area (Å²) in [7, 11) is 1.60. The van der Waals surface area contributed by atoms with Crippen molar-refractivity contribution in [3.63, 3.8) is 0 Å². The molecule has 144 valence electrons. The summed E-state index contributed by atoms with van der Waals surface area (Å²) in [5.41, 5.74) is 2.89. The lowest BCUT2D eigenvalue weighted by molar-refractivity contribution is -0.126. The standard InChI is InChI=1S/C22H23N3O3/c1-14-4-6-15(7-5-14)19-18-20(24-13-3-12-23(19)24)22(27)25(21(18)26)16-8-10-17(28-2)11-9-16/h4-11,18-20H,3,12-13H2,1-2H3/t18-,19+,20-/m0/s1. The van der Waals surface area contributed by atoms with Crippen LogP contribution in [0.4, 0.5) is 5.69 Å². The van der Waals surface area contributed by atoms with Crippen molar-refractivity contribution in [2.45, 2.75) is 25.4 Å². The van der Waals surface area contributed by atoms with Gasteiger partial charge in [0, 0.05) is 13.1 Å². The molecular weight excluding hydrogens is 354 g/mol. The Kier molecular flexibility index (Phi) is 4.00. The zero-order chi connectivity index (χ0) is 19.4. The summed E-state index contributed by atoms with van der Waals surface area (Å²) < 4.78 is 5.20. The number of hydrazine groups is 1. The number of aryl methyl sites for hydroxylation is 1. The molecule has 2 amide bonds. The molecule has 3 saturated heterocycles. The molecule has 3 aliphatic rings. The lowest BCUT2D eigenvalue weighted by atomic mass is 9.89. The van der Waals surface area contributed by atoms with E-state index in [1.807, 2.05) is 0 Å². The Hall–Kier alpha value is -2.70. The van der Waals surface area contributed by atoms with Gasteiger partial charge in [-0.3, -0.25) is 9.59 Å². The predicted molar refractivity (Wildman–Crippen MR) is 105 cm³/mol. The molecule has 28 heavy (non-hydrogen) atoms. The molecule has 0 spiro atoms. The third-order valence-corrected chi connectivity index (χ3v) is 6.16. The molecule has 0 bridgehead atoms. The summed E-state index contributed by atoms with van der Waals surface area (Å²) in [5, 5.41) is 4.36. The molecule has 0 radical (unpaired) electrons. The van der Waals surface area contributed by atoms with Gasteiger partial charge in [0.05, 0.1) is 24.8 Å². The van der Waals surface area contributed by atoms with E-state index in [9.17, 15) is 9.59 Å². The van der Waals surface area contributed by atoms with E-state index < -0.39 is 6.04 Å². The summed E-state index contributed by atoms with van der Waals surface area (Å²) in [4.78, 5) is 28.2. The number of benzene rings is 2. The molecule has 0 saturated carbocycles. The molecule has 2 aromatic rings. The highest BCUT2D eigenvalue weighted by molar-refractivity contribution is 6.24. The molecule has 3 fully saturated rings. The Bertz CT molecular complexity index is 925. The Morgan fingerprint density at radius 3 is 2.14 bits per heavy atom. The Morgan fingerprint density at radius 2 is 1.50 bits per heavy atom. The first-order valence-electron chi connectivity index (χ1n) is 9.72. The predicted octanol–water partition coefficient (Wildman–Crippen LogP) is 2.54. The van der Waals surface area contributed by atoms with Crippen molar-refractivity contribution < 1.29 is 14.3 Å². The van der Waals surface area contributed by atoms with E-state index in [2.05, 4.69) is 41.2 Å². The molecule has 0 aromatic heterocycles.